The van der Waals surface area contributed by atoms with E-state index in [-0.39, 0.29) is 11.4 Å². The van der Waals surface area contributed by atoms with Crippen LogP contribution in [0.4, 0.5) is 5.69 Å². The van der Waals surface area contributed by atoms with Crippen LogP contribution in [0.2, 0.25) is 0 Å². The number of rotatable bonds is 5. The summed E-state index contributed by atoms with van der Waals surface area (Å²) in [6.07, 6.45) is 5.97. The van der Waals surface area contributed by atoms with Crippen molar-refractivity contribution in [3.05, 3.63) is 29.3 Å². The third-order valence-corrected chi connectivity index (χ3v) is 3.60. The number of nitrogens with one attached hydrogen (secondary N) is 1. The van der Waals surface area contributed by atoms with Crippen molar-refractivity contribution in [2.24, 2.45) is 5.73 Å². The van der Waals surface area contributed by atoms with E-state index in [0.29, 0.717) is 6.42 Å². The van der Waals surface area contributed by atoms with Crippen molar-refractivity contribution in [3.63, 3.8) is 0 Å². The molecule has 0 aliphatic carbocycles. The Morgan fingerprint density at radius 2 is 2.05 bits per heavy atom. The molecule has 3 nitrogen and oxygen atoms in total. The Morgan fingerprint density at radius 3 is 2.79 bits per heavy atom. The number of nitrogens with two attached hydrogens (primary N) is 1. The molecule has 1 aliphatic rings. The first-order valence-electron chi connectivity index (χ1n) is 7.15. The van der Waals surface area contributed by atoms with E-state index in [4.69, 9.17) is 5.73 Å². The highest BCUT2D eigenvalue weighted by Gasteiger charge is 2.14. The smallest absolute Gasteiger partial charge is 0.224 e. The van der Waals surface area contributed by atoms with Gasteiger partial charge in [-0.2, -0.15) is 0 Å². The zero-order valence-corrected chi connectivity index (χ0v) is 12.0. The largest absolute Gasteiger partial charge is 0.326 e. The average Bonchev–Trinajstić information content (AvgIpc) is 2.33. The Morgan fingerprint density at radius 1 is 1.26 bits per heavy atom. The third-order valence-electron chi connectivity index (χ3n) is 3.60. The molecule has 19 heavy (non-hydrogen) atoms. The number of hydrogen-bond donors (Lipinski definition) is 2. The molecule has 0 saturated carbocycles. The quantitative estimate of drug-likeness (QED) is 0.800. The zero-order valence-electron chi connectivity index (χ0n) is 12.0. The molecule has 1 aromatic carbocycles. The maximum atomic E-state index is 11.3. The van der Waals surface area contributed by atoms with Gasteiger partial charge < -0.3 is 11.1 Å². The van der Waals surface area contributed by atoms with Gasteiger partial charge in [0.05, 0.1) is 0 Å². The highest BCUT2D eigenvalue weighted by atomic mass is 16.1. The van der Waals surface area contributed by atoms with Gasteiger partial charge in [0.15, 0.2) is 0 Å². The summed E-state index contributed by atoms with van der Waals surface area (Å²) in [5.74, 6) is 0.130. The first-order chi connectivity index (χ1) is 8.94. The summed E-state index contributed by atoms with van der Waals surface area (Å²) in [5.41, 5.74) is 9.55. The highest BCUT2D eigenvalue weighted by Crippen LogP contribution is 2.24. The minimum atomic E-state index is -0.0554. The van der Waals surface area contributed by atoms with Crippen molar-refractivity contribution in [1.82, 2.24) is 0 Å². The second-order valence-corrected chi connectivity index (χ2v) is 6.24. The Kier molecular flexibility index (Phi) is 4.25. The van der Waals surface area contributed by atoms with Gasteiger partial charge in [0.2, 0.25) is 5.91 Å². The van der Waals surface area contributed by atoms with E-state index in [9.17, 15) is 4.79 Å². The van der Waals surface area contributed by atoms with Crippen molar-refractivity contribution in [3.8, 4) is 0 Å². The monoisotopic (exact) mass is 260 g/mol. The third kappa shape index (κ3) is 4.35. The van der Waals surface area contributed by atoms with Crippen LogP contribution in [0.3, 0.4) is 0 Å². The van der Waals surface area contributed by atoms with E-state index < -0.39 is 0 Å². The predicted molar refractivity (Wildman–Crippen MR) is 79.2 cm³/mol. The van der Waals surface area contributed by atoms with Crippen molar-refractivity contribution < 1.29 is 4.79 Å². The fraction of sp³-hybridized carbons (Fsp3) is 0.562. The first kappa shape index (κ1) is 14.1. The number of hydrogen-bond acceptors (Lipinski definition) is 2. The number of fused-ring (bicyclic) bond motifs is 1. The lowest BCUT2D eigenvalue weighted by Gasteiger charge is -2.19. The van der Waals surface area contributed by atoms with E-state index in [1.807, 2.05) is 6.07 Å². The van der Waals surface area contributed by atoms with Gasteiger partial charge in [-0.1, -0.05) is 18.6 Å². The van der Waals surface area contributed by atoms with Gasteiger partial charge in [-0.05, 0) is 56.7 Å². The van der Waals surface area contributed by atoms with Gasteiger partial charge in [-0.15, -0.1) is 0 Å². The number of carbonyl (C=O) groups is 1. The van der Waals surface area contributed by atoms with Crippen molar-refractivity contribution in [2.75, 3.05) is 5.32 Å². The fourth-order valence-electron chi connectivity index (χ4n) is 2.50. The van der Waals surface area contributed by atoms with Gasteiger partial charge in [0, 0.05) is 17.6 Å². The van der Waals surface area contributed by atoms with Gasteiger partial charge in [-0.3, -0.25) is 4.79 Å². The Hall–Kier alpha value is -1.35. The normalized spacial score (nSPS) is 15.0. The topological polar surface area (TPSA) is 55.1 Å². The van der Waals surface area contributed by atoms with E-state index in [1.54, 1.807) is 0 Å². The number of benzene rings is 1. The molecular formula is C16H24N2O. The molecule has 1 heterocycles. The molecule has 2 rings (SSSR count). The summed E-state index contributed by atoms with van der Waals surface area (Å²) in [4.78, 5) is 11.3. The van der Waals surface area contributed by atoms with Crippen LogP contribution < -0.4 is 11.1 Å². The van der Waals surface area contributed by atoms with E-state index >= 15 is 0 Å². The molecule has 1 amide bonds. The zero-order chi connectivity index (χ0) is 13.9. The van der Waals surface area contributed by atoms with Gasteiger partial charge in [-0.25, -0.2) is 0 Å². The van der Waals surface area contributed by atoms with Crippen LogP contribution in [0.15, 0.2) is 18.2 Å². The molecule has 0 aromatic heterocycles. The maximum Gasteiger partial charge on any atom is 0.224 e. The molecule has 0 atom stereocenters. The molecule has 0 saturated heterocycles. The number of unbranched alkanes of at least 4 members (excludes halogenated alkanes) is 1. The molecule has 3 N–H and O–H groups in total. The molecule has 0 unspecified atom stereocenters. The van der Waals surface area contributed by atoms with Crippen LogP contribution in [-0.4, -0.2) is 11.4 Å². The lowest BCUT2D eigenvalue weighted by molar-refractivity contribution is -0.116. The van der Waals surface area contributed by atoms with Crippen LogP contribution >= 0.6 is 0 Å². The molecule has 1 aliphatic heterocycles. The Labute approximate surface area is 115 Å². The second kappa shape index (κ2) is 5.74. The molecule has 0 spiro atoms. The van der Waals surface area contributed by atoms with Crippen molar-refractivity contribution in [1.29, 1.82) is 0 Å². The van der Waals surface area contributed by atoms with Crippen molar-refractivity contribution in [2.45, 2.75) is 57.9 Å². The van der Waals surface area contributed by atoms with Crippen LogP contribution in [0.25, 0.3) is 0 Å². The second-order valence-electron chi connectivity index (χ2n) is 6.24. The molecule has 1 aromatic rings. The molecule has 0 bridgehead atoms. The van der Waals surface area contributed by atoms with Crippen molar-refractivity contribution >= 4 is 11.6 Å². The van der Waals surface area contributed by atoms with Gasteiger partial charge in [0.25, 0.3) is 0 Å². The maximum absolute atomic E-state index is 11.3. The number of amides is 1. The Balaban J connectivity index is 1.87. The summed E-state index contributed by atoms with van der Waals surface area (Å²) in [6, 6.07) is 6.40. The minimum Gasteiger partial charge on any atom is -0.326 e. The first-order valence-corrected chi connectivity index (χ1v) is 7.15. The SMILES string of the molecule is CC(C)(N)CCCCc1ccc2c(c1)CCC(=O)N2. The number of anilines is 1. The molecule has 0 radical (unpaired) electrons. The molecular weight excluding hydrogens is 236 g/mol. The Bertz CT molecular complexity index is 460. The fourth-order valence-corrected chi connectivity index (χ4v) is 2.50. The predicted octanol–water partition coefficient (Wildman–Crippen LogP) is 3.02. The number of carbonyl (C=O) groups excluding carboxylic acids is 1. The average molecular weight is 260 g/mol. The standard InChI is InChI=1S/C16H24N2O/c1-16(2,17)10-4-3-5-12-6-8-14-13(11-12)7-9-15(19)18-14/h6,8,11H,3-5,7,9-10,17H2,1-2H3,(H,18,19). The lowest BCUT2D eigenvalue weighted by Crippen LogP contribution is -2.31. The summed E-state index contributed by atoms with van der Waals surface area (Å²) in [5, 5.41) is 2.92. The molecule has 3 heteroatoms. The molecule has 104 valence electrons. The summed E-state index contributed by atoms with van der Waals surface area (Å²) < 4.78 is 0. The van der Waals surface area contributed by atoms with E-state index in [2.05, 4.69) is 31.3 Å². The highest BCUT2D eigenvalue weighted by molar-refractivity contribution is 5.93. The lowest BCUT2D eigenvalue weighted by atomic mass is 9.95. The van der Waals surface area contributed by atoms with Crippen LogP contribution in [-0.2, 0) is 17.6 Å². The minimum absolute atomic E-state index is 0.0554. The van der Waals surface area contributed by atoms with Crippen LogP contribution in [0, 0.1) is 0 Å². The van der Waals surface area contributed by atoms with Crippen LogP contribution in [0.1, 0.15) is 50.7 Å². The summed E-state index contributed by atoms with van der Waals surface area (Å²) in [6.45, 7) is 4.16. The van der Waals surface area contributed by atoms with Crippen LogP contribution in [0.5, 0.6) is 0 Å². The van der Waals surface area contributed by atoms with Gasteiger partial charge in [0.1, 0.15) is 0 Å². The molecule has 0 fully saturated rings. The van der Waals surface area contributed by atoms with E-state index in [0.717, 1.165) is 31.4 Å². The summed E-state index contributed by atoms with van der Waals surface area (Å²) in [7, 11) is 0. The van der Waals surface area contributed by atoms with E-state index in [1.165, 1.54) is 17.5 Å². The van der Waals surface area contributed by atoms with Gasteiger partial charge >= 0.3 is 0 Å². The summed E-state index contributed by atoms with van der Waals surface area (Å²) >= 11 is 0. The number of aryl methyl sites for hydroxylation is 2.